The van der Waals surface area contributed by atoms with Crippen LogP contribution < -0.4 is 0 Å². The lowest BCUT2D eigenvalue weighted by Gasteiger charge is -2.15. The van der Waals surface area contributed by atoms with Gasteiger partial charge in [-0.25, -0.2) is 8.42 Å². The van der Waals surface area contributed by atoms with Crippen LogP contribution in [-0.2, 0) is 14.8 Å². The Morgan fingerprint density at radius 1 is 1.67 bits per heavy atom. The molecule has 100 valence electrons. The number of nitrogens with zero attached hydrogens (tertiary/aromatic N) is 2. The minimum absolute atomic E-state index is 0.0103. The first-order valence-electron chi connectivity index (χ1n) is 5.63. The van der Waals surface area contributed by atoms with Gasteiger partial charge in [0.2, 0.25) is 10.0 Å². The Labute approximate surface area is 105 Å². The van der Waals surface area contributed by atoms with Crippen molar-refractivity contribution in [3.63, 3.8) is 0 Å². The number of carboxylic acid groups (broad SMARTS) is 1. The molecule has 0 bridgehead atoms. The molecule has 0 spiro atoms. The summed E-state index contributed by atoms with van der Waals surface area (Å²) >= 11 is 0. The van der Waals surface area contributed by atoms with Gasteiger partial charge < -0.3 is 5.11 Å². The number of aromatic nitrogens is 2. The lowest BCUT2D eigenvalue weighted by Crippen LogP contribution is -2.29. The molecule has 1 fully saturated rings. The highest BCUT2D eigenvalue weighted by Gasteiger charge is 2.34. The van der Waals surface area contributed by atoms with E-state index in [0.717, 1.165) is 0 Å². The van der Waals surface area contributed by atoms with E-state index >= 15 is 0 Å². The molecule has 18 heavy (non-hydrogen) atoms. The first-order valence-corrected chi connectivity index (χ1v) is 7.07. The summed E-state index contributed by atoms with van der Waals surface area (Å²) in [5.74, 6) is -0.997. The van der Waals surface area contributed by atoms with E-state index in [2.05, 4.69) is 10.2 Å². The zero-order valence-electron chi connectivity index (χ0n) is 9.96. The Morgan fingerprint density at radius 3 is 2.94 bits per heavy atom. The van der Waals surface area contributed by atoms with E-state index in [0.29, 0.717) is 18.7 Å². The normalized spacial score (nSPS) is 21.3. The fourth-order valence-electron chi connectivity index (χ4n) is 2.17. The third-order valence-electron chi connectivity index (χ3n) is 3.11. The number of aliphatic carboxylic acids is 1. The minimum atomic E-state index is -3.55. The summed E-state index contributed by atoms with van der Waals surface area (Å²) in [5.41, 5.74) is 0.497. The van der Waals surface area contributed by atoms with Crippen LogP contribution in [0.5, 0.6) is 0 Å². The molecule has 1 aromatic heterocycles. The number of sulfonamides is 1. The van der Waals surface area contributed by atoms with Gasteiger partial charge in [-0.15, -0.1) is 0 Å². The predicted molar refractivity (Wildman–Crippen MR) is 62.4 cm³/mol. The summed E-state index contributed by atoms with van der Waals surface area (Å²) in [4.78, 5) is 10.8. The summed E-state index contributed by atoms with van der Waals surface area (Å²) in [6, 6.07) is 0. The van der Waals surface area contributed by atoms with E-state index in [1.54, 1.807) is 6.92 Å². The van der Waals surface area contributed by atoms with Gasteiger partial charge in [-0.05, 0) is 19.3 Å². The third-order valence-corrected chi connectivity index (χ3v) is 5.09. The number of aryl methyl sites for hydroxylation is 1. The molecule has 1 saturated heterocycles. The van der Waals surface area contributed by atoms with Crippen LogP contribution in [0.1, 0.15) is 18.5 Å². The second-order valence-electron chi connectivity index (χ2n) is 4.47. The standard InChI is InChI=1S/C10H15N3O4S/c1-7-9(5-11-12-7)18(16,17)13-3-2-8(6-13)4-10(14)15/h5,8H,2-4,6H2,1H3,(H,11,12)(H,14,15). The average Bonchev–Trinajstić information content (AvgIpc) is 2.86. The number of H-pyrrole nitrogens is 1. The first kappa shape index (κ1) is 13.0. The maximum Gasteiger partial charge on any atom is 0.303 e. The molecule has 0 radical (unpaired) electrons. The minimum Gasteiger partial charge on any atom is -0.481 e. The number of carbonyl (C=O) groups is 1. The molecule has 1 aromatic rings. The zero-order chi connectivity index (χ0) is 13.3. The van der Waals surface area contributed by atoms with Gasteiger partial charge in [0.1, 0.15) is 4.90 Å². The lowest BCUT2D eigenvalue weighted by molar-refractivity contribution is -0.137. The van der Waals surface area contributed by atoms with E-state index in [-0.39, 0.29) is 23.8 Å². The van der Waals surface area contributed by atoms with Crippen molar-refractivity contribution in [3.8, 4) is 0 Å². The van der Waals surface area contributed by atoms with Crippen molar-refractivity contribution in [2.75, 3.05) is 13.1 Å². The molecule has 1 atom stereocenters. The largest absolute Gasteiger partial charge is 0.481 e. The van der Waals surface area contributed by atoms with Gasteiger partial charge in [-0.3, -0.25) is 9.89 Å². The number of aromatic amines is 1. The molecule has 2 heterocycles. The van der Waals surface area contributed by atoms with Crippen molar-refractivity contribution in [1.82, 2.24) is 14.5 Å². The molecule has 0 amide bonds. The van der Waals surface area contributed by atoms with Crippen LogP contribution in [0.4, 0.5) is 0 Å². The Kier molecular flexibility index (Phi) is 3.40. The van der Waals surface area contributed by atoms with Gasteiger partial charge in [-0.2, -0.15) is 9.40 Å². The fraction of sp³-hybridized carbons (Fsp3) is 0.600. The molecule has 7 nitrogen and oxygen atoms in total. The summed E-state index contributed by atoms with van der Waals surface area (Å²) in [7, 11) is -3.55. The van der Waals surface area contributed by atoms with Crippen LogP contribution in [0, 0.1) is 12.8 Å². The third kappa shape index (κ3) is 2.39. The second kappa shape index (κ2) is 4.69. The van der Waals surface area contributed by atoms with Crippen molar-refractivity contribution in [2.24, 2.45) is 5.92 Å². The summed E-state index contributed by atoms with van der Waals surface area (Å²) in [5, 5.41) is 15.0. The molecule has 0 aromatic carbocycles. The maximum atomic E-state index is 12.3. The maximum absolute atomic E-state index is 12.3. The van der Waals surface area contributed by atoms with Crippen molar-refractivity contribution in [3.05, 3.63) is 11.9 Å². The Morgan fingerprint density at radius 2 is 2.39 bits per heavy atom. The van der Waals surface area contributed by atoms with Gasteiger partial charge in [0.05, 0.1) is 11.9 Å². The zero-order valence-corrected chi connectivity index (χ0v) is 10.8. The monoisotopic (exact) mass is 273 g/mol. The van der Waals surface area contributed by atoms with Crippen LogP contribution in [0.15, 0.2) is 11.1 Å². The second-order valence-corrected chi connectivity index (χ2v) is 6.38. The average molecular weight is 273 g/mol. The van der Waals surface area contributed by atoms with Gasteiger partial charge in [0.25, 0.3) is 0 Å². The summed E-state index contributed by atoms with van der Waals surface area (Å²) in [6.07, 6.45) is 1.88. The van der Waals surface area contributed by atoms with Crippen molar-refractivity contribution in [2.45, 2.75) is 24.7 Å². The van der Waals surface area contributed by atoms with E-state index in [1.807, 2.05) is 0 Å². The van der Waals surface area contributed by atoms with Crippen LogP contribution in [-0.4, -0.2) is 47.1 Å². The summed E-state index contributed by atoms with van der Waals surface area (Å²) < 4.78 is 25.9. The van der Waals surface area contributed by atoms with E-state index in [9.17, 15) is 13.2 Å². The molecule has 0 saturated carbocycles. The molecule has 2 rings (SSSR count). The number of nitrogens with one attached hydrogen (secondary N) is 1. The molecule has 1 aliphatic heterocycles. The van der Waals surface area contributed by atoms with Gasteiger partial charge in [-0.1, -0.05) is 0 Å². The lowest BCUT2D eigenvalue weighted by atomic mass is 10.1. The highest BCUT2D eigenvalue weighted by atomic mass is 32.2. The fourth-order valence-corrected chi connectivity index (χ4v) is 3.82. The SMILES string of the molecule is Cc1[nH]ncc1S(=O)(=O)N1CCC(CC(=O)O)C1. The molecule has 1 unspecified atom stereocenters. The van der Waals surface area contributed by atoms with Crippen LogP contribution >= 0.6 is 0 Å². The highest BCUT2D eigenvalue weighted by Crippen LogP contribution is 2.26. The molecule has 0 aliphatic carbocycles. The number of hydrogen-bond acceptors (Lipinski definition) is 4. The van der Waals surface area contributed by atoms with Gasteiger partial charge in [0, 0.05) is 19.5 Å². The van der Waals surface area contributed by atoms with Gasteiger partial charge in [0.15, 0.2) is 0 Å². The van der Waals surface area contributed by atoms with E-state index in [1.165, 1.54) is 10.5 Å². The Bertz CT molecular complexity index is 551. The van der Waals surface area contributed by atoms with Crippen LogP contribution in [0.25, 0.3) is 0 Å². The topological polar surface area (TPSA) is 103 Å². The highest BCUT2D eigenvalue weighted by molar-refractivity contribution is 7.89. The molecular weight excluding hydrogens is 258 g/mol. The molecule has 2 N–H and O–H groups in total. The van der Waals surface area contributed by atoms with Crippen LogP contribution in [0.2, 0.25) is 0 Å². The predicted octanol–water partition coefficient (Wildman–Crippen LogP) is 0.203. The molecule has 8 heteroatoms. The van der Waals surface area contributed by atoms with Crippen molar-refractivity contribution >= 4 is 16.0 Å². The van der Waals surface area contributed by atoms with Crippen molar-refractivity contribution in [1.29, 1.82) is 0 Å². The van der Waals surface area contributed by atoms with E-state index < -0.39 is 16.0 Å². The Balaban J connectivity index is 2.14. The Hall–Kier alpha value is -1.41. The smallest absolute Gasteiger partial charge is 0.303 e. The number of hydrogen-bond donors (Lipinski definition) is 2. The first-order chi connectivity index (χ1) is 8.41. The van der Waals surface area contributed by atoms with Crippen LogP contribution in [0.3, 0.4) is 0 Å². The number of rotatable bonds is 4. The van der Waals surface area contributed by atoms with Gasteiger partial charge >= 0.3 is 5.97 Å². The number of carboxylic acids is 1. The van der Waals surface area contributed by atoms with E-state index in [4.69, 9.17) is 5.11 Å². The molecular formula is C10H15N3O4S. The quantitative estimate of drug-likeness (QED) is 0.815. The van der Waals surface area contributed by atoms with Crippen molar-refractivity contribution < 1.29 is 18.3 Å². The summed E-state index contributed by atoms with van der Waals surface area (Å²) in [6.45, 7) is 2.27. The molecule has 1 aliphatic rings.